The van der Waals surface area contributed by atoms with Crippen molar-refractivity contribution in [3.63, 3.8) is 0 Å². The molecule has 0 saturated heterocycles. The fraction of sp³-hybridized carbons (Fsp3) is 0.259. The molecule has 36 heavy (non-hydrogen) atoms. The predicted molar refractivity (Wildman–Crippen MR) is 140 cm³/mol. The number of amides is 2. The summed E-state index contributed by atoms with van der Waals surface area (Å²) in [6.45, 7) is 6.78. The number of halogens is 1. The summed E-state index contributed by atoms with van der Waals surface area (Å²) in [5, 5.41) is 5.96. The van der Waals surface area contributed by atoms with E-state index >= 15 is 0 Å². The predicted octanol–water partition coefficient (Wildman–Crippen LogP) is 6.05. The number of nitrogens with one attached hydrogen (secondary N) is 2. The van der Waals surface area contributed by atoms with Crippen LogP contribution in [-0.4, -0.2) is 38.7 Å². The van der Waals surface area contributed by atoms with Crippen LogP contribution >= 0.6 is 11.6 Å². The summed E-state index contributed by atoms with van der Waals surface area (Å²) in [6, 6.07) is 14.9. The van der Waals surface area contributed by atoms with Gasteiger partial charge in [-0.25, -0.2) is 0 Å². The molecule has 3 rings (SSSR count). The van der Waals surface area contributed by atoms with E-state index in [-0.39, 0.29) is 11.8 Å². The van der Waals surface area contributed by atoms with Crippen molar-refractivity contribution in [2.45, 2.75) is 20.8 Å². The zero-order valence-electron chi connectivity index (χ0n) is 20.6. The number of rotatable bonds is 11. The van der Waals surface area contributed by atoms with E-state index in [1.54, 1.807) is 54.6 Å². The van der Waals surface area contributed by atoms with Crippen LogP contribution in [0, 0.1) is 0 Å². The monoisotopic (exact) mass is 512 g/mol. The highest BCUT2D eigenvalue weighted by molar-refractivity contribution is 6.34. The number of hydrogen-bond donors (Lipinski definition) is 2. The van der Waals surface area contributed by atoms with Crippen molar-refractivity contribution >= 4 is 34.8 Å². The standard InChI is InChI=1S/C27H29ClN2O6/c1-5-34-23-14-17(15-24(35-6-2)25(23)36-7-3)26(31)29-18-12-13-21(22(16-18)33-4)30-27(32)19-10-8-9-11-20(19)28/h8-16H,5-7H2,1-4H3,(H,29,31)(H,30,32). The molecule has 3 aromatic rings. The molecule has 0 aromatic heterocycles. The van der Waals surface area contributed by atoms with Crippen molar-refractivity contribution in [3.05, 3.63) is 70.7 Å². The van der Waals surface area contributed by atoms with Crippen LogP contribution in [-0.2, 0) is 0 Å². The van der Waals surface area contributed by atoms with Gasteiger partial charge in [-0.15, -0.1) is 0 Å². The molecule has 3 aromatic carbocycles. The fourth-order valence-electron chi connectivity index (χ4n) is 3.43. The van der Waals surface area contributed by atoms with Gasteiger partial charge in [0.05, 0.1) is 43.2 Å². The molecule has 0 heterocycles. The number of benzene rings is 3. The summed E-state index contributed by atoms with van der Waals surface area (Å²) in [4.78, 5) is 25.7. The van der Waals surface area contributed by atoms with Gasteiger partial charge in [0.15, 0.2) is 11.5 Å². The zero-order chi connectivity index (χ0) is 26.1. The lowest BCUT2D eigenvalue weighted by Gasteiger charge is -2.17. The minimum Gasteiger partial charge on any atom is -0.494 e. The van der Waals surface area contributed by atoms with Crippen molar-refractivity contribution in [2.75, 3.05) is 37.6 Å². The molecule has 0 bridgehead atoms. The van der Waals surface area contributed by atoms with Crippen LogP contribution in [0.25, 0.3) is 0 Å². The Kier molecular flexibility index (Phi) is 9.41. The highest BCUT2D eigenvalue weighted by Crippen LogP contribution is 2.39. The first-order chi connectivity index (χ1) is 17.4. The average molecular weight is 513 g/mol. The molecule has 0 aliphatic heterocycles. The summed E-state index contributed by atoms with van der Waals surface area (Å²) in [5.74, 6) is 0.908. The summed E-state index contributed by atoms with van der Waals surface area (Å²) >= 11 is 6.12. The summed E-state index contributed by atoms with van der Waals surface area (Å²) in [6.07, 6.45) is 0. The van der Waals surface area contributed by atoms with Crippen LogP contribution in [0.3, 0.4) is 0 Å². The van der Waals surface area contributed by atoms with E-state index in [0.29, 0.717) is 70.3 Å². The second-order valence-corrected chi connectivity index (χ2v) is 7.81. The Morgan fingerprint density at radius 2 is 1.42 bits per heavy atom. The third kappa shape index (κ3) is 6.40. The molecule has 0 aliphatic rings. The van der Waals surface area contributed by atoms with Gasteiger partial charge in [-0.3, -0.25) is 9.59 Å². The first-order valence-corrected chi connectivity index (χ1v) is 11.9. The van der Waals surface area contributed by atoms with E-state index in [9.17, 15) is 9.59 Å². The maximum Gasteiger partial charge on any atom is 0.257 e. The van der Waals surface area contributed by atoms with Gasteiger partial charge in [0, 0.05) is 17.3 Å². The van der Waals surface area contributed by atoms with Crippen LogP contribution in [0.15, 0.2) is 54.6 Å². The first kappa shape index (κ1) is 26.7. The largest absolute Gasteiger partial charge is 0.494 e. The minimum absolute atomic E-state index is 0.334. The second-order valence-electron chi connectivity index (χ2n) is 7.40. The molecular formula is C27H29ClN2O6. The van der Waals surface area contributed by atoms with Gasteiger partial charge in [0.2, 0.25) is 5.75 Å². The third-order valence-electron chi connectivity index (χ3n) is 5.00. The number of carbonyl (C=O) groups excluding carboxylic acids is 2. The maximum absolute atomic E-state index is 13.1. The molecular weight excluding hydrogens is 484 g/mol. The molecule has 0 fully saturated rings. The molecule has 0 aliphatic carbocycles. The van der Waals surface area contributed by atoms with Crippen LogP contribution in [0.2, 0.25) is 5.02 Å². The van der Waals surface area contributed by atoms with Gasteiger partial charge in [-0.05, 0) is 57.2 Å². The number of ether oxygens (including phenoxy) is 4. The zero-order valence-corrected chi connectivity index (χ0v) is 21.4. The van der Waals surface area contributed by atoms with E-state index in [2.05, 4.69) is 10.6 Å². The Labute approximate surface area is 215 Å². The molecule has 8 nitrogen and oxygen atoms in total. The number of anilines is 2. The van der Waals surface area contributed by atoms with Crippen molar-refractivity contribution in [3.8, 4) is 23.0 Å². The molecule has 0 radical (unpaired) electrons. The second kappa shape index (κ2) is 12.7. The number of hydrogen-bond acceptors (Lipinski definition) is 6. The van der Waals surface area contributed by atoms with E-state index in [1.165, 1.54) is 7.11 Å². The van der Waals surface area contributed by atoms with Crippen molar-refractivity contribution < 1.29 is 28.5 Å². The summed E-state index contributed by atoms with van der Waals surface area (Å²) in [5.41, 5.74) is 1.57. The molecule has 0 saturated carbocycles. The van der Waals surface area contributed by atoms with Crippen LogP contribution in [0.1, 0.15) is 41.5 Å². The minimum atomic E-state index is -0.380. The van der Waals surface area contributed by atoms with Crippen molar-refractivity contribution in [2.24, 2.45) is 0 Å². The molecule has 2 amide bonds. The van der Waals surface area contributed by atoms with E-state index in [1.807, 2.05) is 20.8 Å². The maximum atomic E-state index is 13.1. The summed E-state index contributed by atoms with van der Waals surface area (Å²) in [7, 11) is 1.47. The fourth-order valence-corrected chi connectivity index (χ4v) is 3.65. The highest BCUT2D eigenvalue weighted by Gasteiger charge is 2.19. The van der Waals surface area contributed by atoms with Crippen molar-refractivity contribution in [1.82, 2.24) is 0 Å². The van der Waals surface area contributed by atoms with Gasteiger partial charge < -0.3 is 29.6 Å². The summed E-state index contributed by atoms with van der Waals surface area (Å²) < 4.78 is 22.5. The SMILES string of the molecule is CCOc1cc(C(=O)Nc2ccc(NC(=O)c3ccccc3Cl)c(OC)c2)cc(OCC)c1OCC. The lowest BCUT2D eigenvalue weighted by Crippen LogP contribution is -2.15. The molecule has 2 N–H and O–H groups in total. The number of carbonyl (C=O) groups is 2. The van der Waals surface area contributed by atoms with E-state index in [0.717, 1.165) is 0 Å². The Bertz CT molecular complexity index is 1200. The van der Waals surface area contributed by atoms with Gasteiger partial charge in [0.1, 0.15) is 5.75 Å². The van der Waals surface area contributed by atoms with Gasteiger partial charge in [-0.2, -0.15) is 0 Å². The highest BCUT2D eigenvalue weighted by atomic mass is 35.5. The van der Waals surface area contributed by atoms with Crippen LogP contribution in [0.5, 0.6) is 23.0 Å². The Hall–Kier alpha value is -3.91. The Morgan fingerprint density at radius 1 is 0.778 bits per heavy atom. The first-order valence-electron chi connectivity index (χ1n) is 11.5. The van der Waals surface area contributed by atoms with Gasteiger partial charge in [0.25, 0.3) is 11.8 Å². The Balaban J connectivity index is 1.84. The van der Waals surface area contributed by atoms with Crippen LogP contribution in [0.4, 0.5) is 11.4 Å². The Morgan fingerprint density at radius 3 is 2.00 bits per heavy atom. The van der Waals surface area contributed by atoms with E-state index < -0.39 is 0 Å². The normalized spacial score (nSPS) is 10.4. The molecule has 0 unspecified atom stereocenters. The van der Waals surface area contributed by atoms with Crippen LogP contribution < -0.4 is 29.6 Å². The topological polar surface area (TPSA) is 95.1 Å². The smallest absolute Gasteiger partial charge is 0.257 e. The lowest BCUT2D eigenvalue weighted by atomic mass is 10.1. The van der Waals surface area contributed by atoms with Gasteiger partial charge >= 0.3 is 0 Å². The number of methoxy groups -OCH3 is 1. The van der Waals surface area contributed by atoms with Crippen molar-refractivity contribution in [1.29, 1.82) is 0 Å². The lowest BCUT2D eigenvalue weighted by molar-refractivity contribution is 0.101. The third-order valence-corrected chi connectivity index (χ3v) is 5.33. The quantitative estimate of drug-likeness (QED) is 0.325. The average Bonchev–Trinajstić information content (AvgIpc) is 2.87. The molecule has 0 atom stereocenters. The van der Waals surface area contributed by atoms with Gasteiger partial charge in [-0.1, -0.05) is 23.7 Å². The molecule has 0 spiro atoms. The molecule has 190 valence electrons. The molecule has 9 heteroatoms. The van der Waals surface area contributed by atoms with E-state index in [4.69, 9.17) is 30.5 Å².